The molecule has 0 radical (unpaired) electrons. The van der Waals surface area contributed by atoms with Crippen LogP contribution >= 0.6 is 0 Å². The molecule has 1 fully saturated rings. The van der Waals surface area contributed by atoms with Crippen LogP contribution in [-0.4, -0.2) is 26.8 Å². The second-order valence-electron chi connectivity index (χ2n) is 6.50. The van der Waals surface area contributed by atoms with E-state index in [-0.39, 0.29) is 5.41 Å². The van der Waals surface area contributed by atoms with E-state index in [2.05, 4.69) is 23.5 Å². The summed E-state index contributed by atoms with van der Waals surface area (Å²) in [7, 11) is 3.42. The number of piperidine rings is 1. The Labute approximate surface area is 129 Å². The van der Waals surface area contributed by atoms with Gasteiger partial charge in [0, 0.05) is 17.5 Å². The van der Waals surface area contributed by atoms with E-state index in [0.29, 0.717) is 12.0 Å². The van der Waals surface area contributed by atoms with Gasteiger partial charge in [-0.2, -0.15) is 0 Å². The Morgan fingerprint density at radius 2 is 2.18 bits per heavy atom. The number of allylic oxidation sites excluding steroid dienone is 2. The molecule has 2 bridgehead atoms. The molecule has 1 unspecified atom stereocenters. The molecule has 1 aromatic carbocycles. The molecule has 3 atom stereocenters. The van der Waals surface area contributed by atoms with Gasteiger partial charge in [0.2, 0.25) is 0 Å². The summed E-state index contributed by atoms with van der Waals surface area (Å²) in [5.74, 6) is 3.98. The minimum Gasteiger partial charge on any atom is -0.493 e. The van der Waals surface area contributed by atoms with Crippen molar-refractivity contribution in [3.8, 4) is 11.5 Å². The monoisotopic (exact) mass is 297 g/mol. The number of nitrogens with one attached hydrogen (secondary N) is 1. The van der Waals surface area contributed by atoms with Gasteiger partial charge in [0.25, 0.3) is 0 Å². The molecule has 1 spiro atoms. The van der Waals surface area contributed by atoms with E-state index < -0.39 is 0 Å². The van der Waals surface area contributed by atoms with Crippen LogP contribution in [0.15, 0.2) is 35.8 Å². The summed E-state index contributed by atoms with van der Waals surface area (Å²) in [6.07, 6.45) is 6.46. The second kappa shape index (κ2) is 4.07. The van der Waals surface area contributed by atoms with Crippen LogP contribution in [0.3, 0.4) is 0 Å². The van der Waals surface area contributed by atoms with E-state index in [4.69, 9.17) is 14.2 Å². The zero-order valence-electron chi connectivity index (χ0n) is 12.8. The first-order valence-electron chi connectivity index (χ1n) is 7.88. The summed E-state index contributed by atoms with van der Waals surface area (Å²) >= 11 is 0. The van der Waals surface area contributed by atoms with Crippen molar-refractivity contribution in [1.29, 1.82) is 0 Å². The number of hydrogen-bond donors (Lipinski definition) is 1. The molecular formula is C18H19NO3. The maximum absolute atomic E-state index is 6.35. The first kappa shape index (κ1) is 12.6. The predicted molar refractivity (Wildman–Crippen MR) is 82.1 cm³/mol. The van der Waals surface area contributed by atoms with Crippen molar-refractivity contribution in [1.82, 2.24) is 5.32 Å². The average molecular weight is 297 g/mol. The van der Waals surface area contributed by atoms with Gasteiger partial charge in [0.15, 0.2) is 23.0 Å². The van der Waals surface area contributed by atoms with Crippen LogP contribution in [0, 0.1) is 5.92 Å². The molecule has 1 N–H and O–H groups in total. The van der Waals surface area contributed by atoms with Crippen molar-refractivity contribution in [3.05, 3.63) is 46.9 Å². The van der Waals surface area contributed by atoms with Gasteiger partial charge in [-0.05, 0) is 37.1 Å². The van der Waals surface area contributed by atoms with Crippen molar-refractivity contribution in [2.75, 3.05) is 20.8 Å². The number of benzene rings is 1. The van der Waals surface area contributed by atoms with Gasteiger partial charge in [0.05, 0.1) is 19.6 Å². The summed E-state index contributed by atoms with van der Waals surface area (Å²) < 4.78 is 17.5. The zero-order valence-corrected chi connectivity index (χ0v) is 12.8. The van der Waals surface area contributed by atoms with Crippen LogP contribution in [0.1, 0.15) is 17.5 Å². The average Bonchev–Trinajstić information content (AvgIpc) is 2.88. The smallest absolute Gasteiger partial charge is 0.173 e. The van der Waals surface area contributed by atoms with Crippen LogP contribution in [0.5, 0.6) is 11.5 Å². The van der Waals surface area contributed by atoms with E-state index in [0.717, 1.165) is 42.4 Å². The molecule has 0 amide bonds. The molecule has 4 heteroatoms. The van der Waals surface area contributed by atoms with Crippen molar-refractivity contribution in [3.63, 3.8) is 0 Å². The van der Waals surface area contributed by atoms with Crippen molar-refractivity contribution < 1.29 is 14.2 Å². The molecule has 4 nitrogen and oxygen atoms in total. The summed E-state index contributed by atoms with van der Waals surface area (Å²) in [5.41, 5.74) is 2.64. The van der Waals surface area contributed by atoms with Crippen LogP contribution in [-0.2, 0) is 16.6 Å². The van der Waals surface area contributed by atoms with E-state index in [1.165, 1.54) is 11.1 Å². The standard InChI is InChI=1S/C18H19NO3/c1-20-13-5-3-10-9-12-11-4-6-14(21-2)17-18(11,7-8-19-12)15(10)16(13)22-17/h3-6,11-12,19H,7-9H2,1-2H3/t11?,12-,18-/m0/s1. The molecule has 114 valence electrons. The second-order valence-corrected chi connectivity index (χ2v) is 6.50. The van der Waals surface area contributed by atoms with E-state index >= 15 is 0 Å². The zero-order chi connectivity index (χ0) is 14.9. The molecular weight excluding hydrogens is 278 g/mol. The SMILES string of the molecule is COC1=C2Oc3c(OC)ccc4c3[C@@]23CCN[C@@H](C4)C3C=C1. The Morgan fingerprint density at radius 3 is 3.00 bits per heavy atom. The molecule has 2 aliphatic heterocycles. The Bertz CT molecular complexity index is 736. The first-order chi connectivity index (χ1) is 10.8. The van der Waals surface area contributed by atoms with Gasteiger partial charge < -0.3 is 19.5 Å². The Hall–Kier alpha value is -1.94. The van der Waals surface area contributed by atoms with Crippen molar-refractivity contribution >= 4 is 0 Å². The van der Waals surface area contributed by atoms with Crippen LogP contribution in [0.4, 0.5) is 0 Å². The number of ether oxygens (including phenoxy) is 3. The lowest BCUT2D eigenvalue weighted by Crippen LogP contribution is -2.58. The normalized spacial score (nSPS) is 33.4. The molecule has 5 rings (SSSR count). The Morgan fingerprint density at radius 1 is 1.27 bits per heavy atom. The fourth-order valence-corrected chi connectivity index (χ4v) is 4.91. The third-order valence-electron chi connectivity index (χ3n) is 5.75. The molecule has 1 aromatic rings. The lowest BCUT2D eigenvalue weighted by molar-refractivity contribution is 0.154. The molecule has 0 aromatic heterocycles. The third kappa shape index (κ3) is 1.24. The fourth-order valence-electron chi connectivity index (χ4n) is 4.91. The van der Waals surface area contributed by atoms with Gasteiger partial charge in [0.1, 0.15) is 0 Å². The molecule has 4 aliphatic rings. The maximum atomic E-state index is 6.35. The highest BCUT2D eigenvalue weighted by Crippen LogP contribution is 2.62. The Balaban J connectivity index is 1.87. The largest absolute Gasteiger partial charge is 0.493 e. The lowest BCUT2D eigenvalue weighted by atomic mass is 9.56. The van der Waals surface area contributed by atoms with Gasteiger partial charge in [-0.3, -0.25) is 0 Å². The lowest BCUT2D eigenvalue weighted by Gasteiger charge is -2.50. The minimum absolute atomic E-state index is 0.0759. The molecule has 2 aliphatic carbocycles. The minimum atomic E-state index is -0.0759. The molecule has 0 saturated carbocycles. The first-order valence-corrected chi connectivity index (χ1v) is 7.88. The van der Waals surface area contributed by atoms with Crippen LogP contribution in [0.25, 0.3) is 0 Å². The number of rotatable bonds is 2. The summed E-state index contributed by atoms with van der Waals surface area (Å²) in [6.45, 7) is 1.01. The number of hydrogen-bond acceptors (Lipinski definition) is 4. The van der Waals surface area contributed by atoms with Crippen molar-refractivity contribution in [2.24, 2.45) is 5.92 Å². The highest BCUT2D eigenvalue weighted by atomic mass is 16.5. The quantitative estimate of drug-likeness (QED) is 0.909. The van der Waals surface area contributed by atoms with E-state index in [9.17, 15) is 0 Å². The van der Waals surface area contributed by atoms with Gasteiger partial charge in [-0.1, -0.05) is 12.1 Å². The van der Waals surface area contributed by atoms with E-state index in [1.54, 1.807) is 14.2 Å². The highest BCUT2D eigenvalue weighted by Gasteiger charge is 2.60. The summed E-state index contributed by atoms with van der Waals surface area (Å²) in [5, 5.41) is 3.69. The fraction of sp³-hybridized carbons (Fsp3) is 0.444. The van der Waals surface area contributed by atoms with Gasteiger partial charge in [-0.15, -0.1) is 0 Å². The Kier molecular flexibility index (Phi) is 2.33. The molecule has 22 heavy (non-hydrogen) atoms. The maximum Gasteiger partial charge on any atom is 0.173 e. The summed E-state index contributed by atoms with van der Waals surface area (Å²) in [6, 6.07) is 4.69. The molecule has 2 heterocycles. The van der Waals surface area contributed by atoms with Crippen LogP contribution in [0.2, 0.25) is 0 Å². The molecule has 1 saturated heterocycles. The van der Waals surface area contributed by atoms with Gasteiger partial charge >= 0.3 is 0 Å². The van der Waals surface area contributed by atoms with Gasteiger partial charge in [-0.25, -0.2) is 0 Å². The van der Waals surface area contributed by atoms with Crippen molar-refractivity contribution in [2.45, 2.75) is 24.3 Å². The highest BCUT2D eigenvalue weighted by molar-refractivity contribution is 5.66. The summed E-state index contributed by atoms with van der Waals surface area (Å²) in [4.78, 5) is 0. The number of methoxy groups -OCH3 is 2. The topological polar surface area (TPSA) is 39.7 Å². The third-order valence-corrected chi connectivity index (χ3v) is 5.75. The van der Waals surface area contributed by atoms with Crippen LogP contribution < -0.4 is 14.8 Å². The predicted octanol–water partition coefficient (Wildman–Crippen LogP) is 2.29. The van der Waals surface area contributed by atoms with E-state index in [1.807, 2.05) is 6.07 Å².